The summed E-state index contributed by atoms with van der Waals surface area (Å²) in [5.74, 6) is -0.445. The summed E-state index contributed by atoms with van der Waals surface area (Å²) in [6.45, 7) is 0.0692. The number of sulfonamides is 1. The molecule has 0 radical (unpaired) electrons. The Morgan fingerprint density at radius 2 is 1.85 bits per heavy atom. The second-order valence-corrected chi connectivity index (χ2v) is 6.14. The van der Waals surface area contributed by atoms with Gasteiger partial charge in [-0.1, -0.05) is 12.1 Å². The zero-order chi connectivity index (χ0) is 14.8. The molecule has 0 N–H and O–H groups in total. The van der Waals surface area contributed by atoms with Crippen molar-refractivity contribution in [3.8, 4) is 0 Å². The molecular weight excluding hydrogens is 285 g/mol. The van der Waals surface area contributed by atoms with Crippen molar-refractivity contribution < 1.29 is 22.0 Å². The highest BCUT2D eigenvalue weighted by molar-refractivity contribution is 7.88. The van der Waals surface area contributed by atoms with Crippen LogP contribution in [0, 0.1) is 5.82 Å². The van der Waals surface area contributed by atoms with Gasteiger partial charge in [0.2, 0.25) is 5.09 Å². The average molecular weight is 297 g/mol. The van der Waals surface area contributed by atoms with Gasteiger partial charge in [-0.3, -0.25) is 4.79 Å². The molecule has 0 amide bonds. The number of benzene rings is 1. The molecule has 1 aromatic carbocycles. The molecular formula is C13H12FNO4S. The Kier molecular flexibility index (Phi) is 4.01. The number of halogens is 1. The van der Waals surface area contributed by atoms with Crippen LogP contribution < -0.4 is 0 Å². The molecule has 1 aromatic heterocycles. The first-order valence-corrected chi connectivity index (χ1v) is 7.13. The van der Waals surface area contributed by atoms with Gasteiger partial charge in [0, 0.05) is 13.6 Å². The third kappa shape index (κ3) is 2.94. The Bertz CT molecular complexity index is 706. The maximum absolute atomic E-state index is 12.8. The van der Waals surface area contributed by atoms with Gasteiger partial charge >= 0.3 is 0 Å². The van der Waals surface area contributed by atoms with Crippen LogP contribution in [-0.4, -0.2) is 26.1 Å². The minimum absolute atomic E-state index is 0.0567. The molecule has 1 heterocycles. The zero-order valence-corrected chi connectivity index (χ0v) is 11.4. The van der Waals surface area contributed by atoms with Crippen molar-refractivity contribution in [1.29, 1.82) is 0 Å². The van der Waals surface area contributed by atoms with Crippen molar-refractivity contribution in [3.63, 3.8) is 0 Å². The average Bonchev–Trinajstić information content (AvgIpc) is 2.90. The number of hydrogen-bond donors (Lipinski definition) is 0. The van der Waals surface area contributed by atoms with Crippen LogP contribution in [0.2, 0.25) is 0 Å². The Balaban J connectivity index is 2.20. The Morgan fingerprint density at radius 3 is 2.40 bits per heavy atom. The van der Waals surface area contributed by atoms with E-state index >= 15 is 0 Å². The molecule has 2 aromatic rings. The van der Waals surface area contributed by atoms with Gasteiger partial charge in [0.15, 0.2) is 12.0 Å². The maximum atomic E-state index is 12.8. The number of aldehydes is 1. The standard InChI is InChI=1S/C13H12FNO4S/c1-15(8-10-2-4-11(14)5-3-10)20(17,18)13-7-6-12(9-16)19-13/h2-7,9H,8H2,1H3. The molecule has 20 heavy (non-hydrogen) atoms. The minimum Gasteiger partial charge on any atom is -0.440 e. The predicted octanol–water partition coefficient (Wildman–Crippen LogP) is 2.05. The number of furan rings is 1. The normalized spacial score (nSPS) is 11.8. The van der Waals surface area contributed by atoms with E-state index in [9.17, 15) is 17.6 Å². The number of rotatable bonds is 5. The van der Waals surface area contributed by atoms with Gasteiger partial charge in [-0.15, -0.1) is 0 Å². The van der Waals surface area contributed by atoms with E-state index in [1.54, 1.807) is 0 Å². The molecule has 106 valence electrons. The predicted molar refractivity (Wildman–Crippen MR) is 69.1 cm³/mol. The van der Waals surface area contributed by atoms with Crippen LogP contribution in [0.15, 0.2) is 45.9 Å². The molecule has 0 aliphatic carbocycles. The first kappa shape index (κ1) is 14.4. The van der Waals surface area contributed by atoms with E-state index in [1.165, 1.54) is 43.4 Å². The highest BCUT2D eigenvalue weighted by Gasteiger charge is 2.24. The van der Waals surface area contributed by atoms with Gasteiger partial charge in [0.1, 0.15) is 5.82 Å². The molecule has 0 atom stereocenters. The van der Waals surface area contributed by atoms with Gasteiger partial charge in [0.25, 0.3) is 10.0 Å². The monoisotopic (exact) mass is 297 g/mol. The lowest BCUT2D eigenvalue weighted by molar-refractivity contribution is 0.109. The second kappa shape index (κ2) is 5.56. The quantitative estimate of drug-likeness (QED) is 0.792. The van der Waals surface area contributed by atoms with Gasteiger partial charge < -0.3 is 4.42 Å². The molecule has 0 saturated heterocycles. The summed E-state index contributed by atoms with van der Waals surface area (Å²) in [5.41, 5.74) is 0.639. The van der Waals surface area contributed by atoms with Crippen LogP contribution in [-0.2, 0) is 16.6 Å². The van der Waals surface area contributed by atoms with E-state index in [0.717, 1.165) is 4.31 Å². The van der Waals surface area contributed by atoms with Gasteiger partial charge in [-0.2, -0.15) is 4.31 Å². The molecule has 0 spiro atoms. The van der Waals surface area contributed by atoms with E-state index in [1.807, 2.05) is 0 Å². The minimum atomic E-state index is -3.82. The fraction of sp³-hybridized carbons (Fsp3) is 0.154. The molecule has 2 rings (SSSR count). The summed E-state index contributed by atoms with van der Waals surface area (Å²) in [7, 11) is -2.45. The van der Waals surface area contributed by atoms with Crippen molar-refractivity contribution >= 4 is 16.3 Å². The molecule has 5 nitrogen and oxygen atoms in total. The van der Waals surface area contributed by atoms with Crippen molar-refractivity contribution in [2.45, 2.75) is 11.6 Å². The molecule has 0 fully saturated rings. The van der Waals surface area contributed by atoms with Crippen LogP contribution in [0.1, 0.15) is 16.1 Å². The number of nitrogens with zero attached hydrogens (tertiary/aromatic N) is 1. The van der Waals surface area contributed by atoms with Crippen LogP contribution in [0.4, 0.5) is 4.39 Å². The summed E-state index contributed by atoms with van der Waals surface area (Å²) in [6, 6.07) is 8.02. The maximum Gasteiger partial charge on any atom is 0.276 e. The summed E-state index contributed by atoms with van der Waals surface area (Å²) < 4.78 is 43.1. The molecule has 0 aliphatic heterocycles. The SMILES string of the molecule is CN(Cc1ccc(F)cc1)S(=O)(=O)c1ccc(C=O)o1. The van der Waals surface area contributed by atoms with E-state index in [0.29, 0.717) is 11.8 Å². The Hall–Kier alpha value is -1.99. The summed E-state index contributed by atoms with van der Waals surface area (Å²) in [4.78, 5) is 10.5. The zero-order valence-electron chi connectivity index (χ0n) is 10.6. The first-order valence-electron chi connectivity index (χ1n) is 5.69. The fourth-order valence-corrected chi connectivity index (χ4v) is 2.69. The highest BCUT2D eigenvalue weighted by atomic mass is 32.2. The van der Waals surface area contributed by atoms with Crippen molar-refractivity contribution in [1.82, 2.24) is 4.31 Å². The van der Waals surface area contributed by atoms with E-state index in [4.69, 9.17) is 4.42 Å². The number of carbonyl (C=O) groups is 1. The van der Waals surface area contributed by atoms with Crippen molar-refractivity contribution in [2.24, 2.45) is 0 Å². The molecule has 0 bridgehead atoms. The third-order valence-corrected chi connectivity index (χ3v) is 4.38. The van der Waals surface area contributed by atoms with E-state index in [-0.39, 0.29) is 23.2 Å². The van der Waals surface area contributed by atoms with E-state index < -0.39 is 10.0 Å². The van der Waals surface area contributed by atoms with Gasteiger partial charge in [-0.25, -0.2) is 12.8 Å². The lowest BCUT2D eigenvalue weighted by Crippen LogP contribution is -2.26. The lowest BCUT2D eigenvalue weighted by Gasteiger charge is -2.15. The fourth-order valence-electron chi connectivity index (χ4n) is 1.62. The largest absolute Gasteiger partial charge is 0.440 e. The van der Waals surface area contributed by atoms with Crippen LogP contribution in [0.3, 0.4) is 0 Å². The molecule has 7 heteroatoms. The van der Waals surface area contributed by atoms with Crippen molar-refractivity contribution in [3.05, 3.63) is 53.5 Å². The topological polar surface area (TPSA) is 67.6 Å². The van der Waals surface area contributed by atoms with Gasteiger partial charge in [0.05, 0.1) is 0 Å². The molecule has 0 saturated carbocycles. The number of carbonyl (C=O) groups excluding carboxylic acids is 1. The molecule has 0 aliphatic rings. The molecule has 0 unspecified atom stereocenters. The smallest absolute Gasteiger partial charge is 0.276 e. The van der Waals surface area contributed by atoms with Gasteiger partial charge in [-0.05, 0) is 29.8 Å². The van der Waals surface area contributed by atoms with Crippen LogP contribution >= 0.6 is 0 Å². The highest BCUT2D eigenvalue weighted by Crippen LogP contribution is 2.19. The second-order valence-electron chi connectivity index (χ2n) is 4.16. The first-order chi connectivity index (χ1) is 9.43. The van der Waals surface area contributed by atoms with Crippen LogP contribution in [0.25, 0.3) is 0 Å². The summed E-state index contributed by atoms with van der Waals surface area (Å²) >= 11 is 0. The van der Waals surface area contributed by atoms with E-state index in [2.05, 4.69) is 0 Å². The lowest BCUT2D eigenvalue weighted by atomic mass is 10.2. The summed E-state index contributed by atoms with van der Waals surface area (Å²) in [5, 5.41) is -0.302. The Labute approximate surface area is 115 Å². The van der Waals surface area contributed by atoms with Crippen molar-refractivity contribution in [2.75, 3.05) is 7.05 Å². The number of hydrogen-bond acceptors (Lipinski definition) is 4. The third-order valence-electron chi connectivity index (χ3n) is 2.70. The van der Waals surface area contributed by atoms with Crippen LogP contribution in [0.5, 0.6) is 0 Å². The Morgan fingerprint density at radius 1 is 1.20 bits per heavy atom. The summed E-state index contributed by atoms with van der Waals surface area (Å²) in [6.07, 6.45) is 0.430.